The summed E-state index contributed by atoms with van der Waals surface area (Å²) in [5, 5.41) is 2.78. The Kier molecular flexibility index (Phi) is 4.60. The van der Waals surface area contributed by atoms with Gasteiger partial charge >= 0.3 is 0 Å². The number of hydrogen-bond donors (Lipinski definition) is 1. The van der Waals surface area contributed by atoms with Gasteiger partial charge in [0.05, 0.1) is 11.5 Å². The van der Waals surface area contributed by atoms with Crippen molar-refractivity contribution in [3.05, 3.63) is 42.0 Å². The highest BCUT2D eigenvalue weighted by Crippen LogP contribution is 2.17. The average molecular weight is 293 g/mol. The monoisotopic (exact) mass is 293 g/mol. The van der Waals surface area contributed by atoms with E-state index < -0.39 is 9.84 Å². The third kappa shape index (κ3) is 4.20. The van der Waals surface area contributed by atoms with Gasteiger partial charge < -0.3 is 5.32 Å². The van der Waals surface area contributed by atoms with Crippen LogP contribution in [-0.4, -0.2) is 32.4 Å². The lowest BCUT2D eigenvalue weighted by molar-refractivity contribution is -0.116. The first-order chi connectivity index (χ1) is 9.46. The molecule has 1 aromatic carbocycles. The SMILES string of the molecule is C/C(=C/C(=O)NC[C@@H]1CCS(=O)(=O)C1)c1ccccc1. The number of sulfone groups is 1. The van der Waals surface area contributed by atoms with Gasteiger partial charge in [-0.05, 0) is 30.4 Å². The van der Waals surface area contributed by atoms with E-state index in [1.54, 1.807) is 6.08 Å². The molecule has 1 saturated heterocycles. The van der Waals surface area contributed by atoms with Gasteiger partial charge in [0.15, 0.2) is 9.84 Å². The van der Waals surface area contributed by atoms with Crippen LogP contribution in [0.4, 0.5) is 0 Å². The van der Waals surface area contributed by atoms with Crippen LogP contribution >= 0.6 is 0 Å². The van der Waals surface area contributed by atoms with Crippen molar-refractivity contribution in [3.63, 3.8) is 0 Å². The summed E-state index contributed by atoms with van der Waals surface area (Å²) >= 11 is 0. The number of rotatable bonds is 4. The van der Waals surface area contributed by atoms with Crippen molar-refractivity contribution in [2.24, 2.45) is 5.92 Å². The van der Waals surface area contributed by atoms with E-state index in [-0.39, 0.29) is 23.3 Å². The maximum Gasteiger partial charge on any atom is 0.244 e. The molecule has 1 atom stereocenters. The van der Waals surface area contributed by atoms with E-state index in [0.29, 0.717) is 13.0 Å². The predicted molar refractivity (Wildman–Crippen MR) is 79.9 cm³/mol. The standard InChI is InChI=1S/C15H19NO3S/c1-12(14-5-3-2-4-6-14)9-15(17)16-10-13-7-8-20(18,19)11-13/h2-6,9,13H,7-8,10-11H2,1H3,(H,16,17)/b12-9-/t13-/m0/s1. The van der Waals surface area contributed by atoms with Gasteiger partial charge in [-0.1, -0.05) is 30.3 Å². The van der Waals surface area contributed by atoms with Crippen molar-refractivity contribution in [1.82, 2.24) is 5.32 Å². The molecular weight excluding hydrogens is 274 g/mol. The lowest BCUT2D eigenvalue weighted by Crippen LogP contribution is -2.28. The number of allylic oxidation sites excluding steroid dienone is 1. The zero-order valence-corrected chi connectivity index (χ0v) is 12.3. The second-order valence-electron chi connectivity index (χ2n) is 5.21. The topological polar surface area (TPSA) is 63.2 Å². The summed E-state index contributed by atoms with van der Waals surface area (Å²) in [7, 11) is -2.88. The largest absolute Gasteiger partial charge is 0.352 e. The lowest BCUT2D eigenvalue weighted by Gasteiger charge is -2.08. The number of carbonyl (C=O) groups is 1. The Morgan fingerprint density at radius 2 is 2.05 bits per heavy atom. The van der Waals surface area contributed by atoms with E-state index in [4.69, 9.17) is 0 Å². The third-order valence-electron chi connectivity index (χ3n) is 3.47. The molecule has 108 valence electrons. The first kappa shape index (κ1) is 14.8. The van der Waals surface area contributed by atoms with Crippen LogP contribution in [0.15, 0.2) is 36.4 Å². The van der Waals surface area contributed by atoms with Crippen molar-refractivity contribution in [1.29, 1.82) is 0 Å². The quantitative estimate of drug-likeness (QED) is 0.858. The molecule has 20 heavy (non-hydrogen) atoms. The molecular formula is C15H19NO3S. The van der Waals surface area contributed by atoms with Crippen LogP contribution in [0, 0.1) is 5.92 Å². The number of amides is 1. The van der Waals surface area contributed by atoms with Crippen molar-refractivity contribution in [3.8, 4) is 0 Å². The molecule has 0 aliphatic carbocycles. The predicted octanol–water partition coefficient (Wildman–Crippen LogP) is 1.64. The molecule has 1 aliphatic rings. The van der Waals surface area contributed by atoms with Gasteiger partial charge in [0.2, 0.25) is 5.91 Å². The molecule has 1 aromatic rings. The first-order valence-electron chi connectivity index (χ1n) is 6.68. The summed E-state index contributed by atoms with van der Waals surface area (Å²) in [4.78, 5) is 11.8. The summed E-state index contributed by atoms with van der Waals surface area (Å²) in [6, 6.07) is 9.67. The molecule has 2 rings (SSSR count). The summed E-state index contributed by atoms with van der Waals surface area (Å²) in [5.41, 5.74) is 1.90. The van der Waals surface area contributed by atoms with Gasteiger partial charge in [-0.25, -0.2) is 8.42 Å². The zero-order valence-electron chi connectivity index (χ0n) is 11.5. The Balaban J connectivity index is 1.87. The van der Waals surface area contributed by atoms with Gasteiger partial charge in [-0.15, -0.1) is 0 Å². The van der Waals surface area contributed by atoms with Crippen LogP contribution in [0.25, 0.3) is 5.57 Å². The molecule has 1 aliphatic heterocycles. The van der Waals surface area contributed by atoms with Crippen molar-refractivity contribution in [2.45, 2.75) is 13.3 Å². The van der Waals surface area contributed by atoms with E-state index in [9.17, 15) is 13.2 Å². The van der Waals surface area contributed by atoms with E-state index in [1.807, 2.05) is 37.3 Å². The molecule has 1 heterocycles. The van der Waals surface area contributed by atoms with Gasteiger partial charge in [-0.3, -0.25) is 4.79 Å². The summed E-state index contributed by atoms with van der Waals surface area (Å²) in [5.74, 6) is 0.311. The van der Waals surface area contributed by atoms with E-state index >= 15 is 0 Å². The lowest BCUT2D eigenvalue weighted by atomic mass is 10.1. The highest BCUT2D eigenvalue weighted by Gasteiger charge is 2.27. The minimum absolute atomic E-state index is 0.0504. The fraction of sp³-hybridized carbons (Fsp3) is 0.400. The number of hydrogen-bond acceptors (Lipinski definition) is 3. The summed E-state index contributed by atoms with van der Waals surface area (Å²) < 4.78 is 22.6. The van der Waals surface area contributed by atoms with Gasteiger partial charge in [-0.2, -0.15) is 0 Å². The Morgan fingerprint density at radius 3 is 2.65 bits per heavy atom. The van der Waals surface area contributed by atoms with Crippen LogP contribution in [-0.2, 0) is 14.6 Å². The second kappa shape index (κ2) is 6.22. The normalized spacial score (nSPS) is 21.6. The van der Waals surface area contributed by atoms with Gasteiger partial charge in [0.25, 0.3) is 0 Å². The summed E-state index contributed by atoms with van der Waals surface area (Å²) in [6.45, 7) is 2.31. The van der Waals surface area contributed by atoms with E-state index in [1.165, 1.54) is 0 Å². The highest BCUT2D eigenvalue weighted by molar-refractivity contribution is 7.91. The Morgan fingerprint density at radius 1 is 1.35 bits per heavy atom. The zero-order chi connectivity index (χ0) is 14.6. The molecule has 0 aromatic heterocycles. The smallest absolute Gasteiger partial charge is 0.244 e. The molecule has 0 unspecified atom stereocenters. The molecule has 5 heteroatoms. The van der Waals surface area contributed by atoms with Crippen LogP contribution in [0.2, 0.25) is 0 Å². The molecule has 0 bridgehead atoms. The van der Waals surface area contributed by atoms with E-state index in [0.717, 1.165) is 11.1 Å². The average Bonchev–Trinajstić information content (AvgIpc) is 2.77. The van der Waals surface area contributed by atoms with Crippen molar-refractivity contribution < 1.29 is 13.2 Å². The molecule has 0 radical (unpaired) electrons. The second-order valence-corrected chi connectivity index (χ2v) is 7.44. The Labute approximate surface area is 119 Å². The van der Waals surface area contributed by atoms with Crippen LogP contribution in [0.5, 0.6) is 0 Å². The van der Waals surface area contributed by atoms with Crippen molar-refractivity contribution >= 4 is 21.3 Å². The van der Waals surface area contributed by atoms with Crippen LogP contribution in [0.3, 0.4) is 0 Å². The Hall–Kier alpha value is -1.62. The summed E-state index contributed by atoms with van der Waals surface area (Å²) in [6.07, 6.45) is 2.20. The fourth-order valence-corrected chi connectivity index (χ4v) is 4.17. The van der Waals surface area contributed by atoms with Crippen molar-refractivity contribution in [2.75, 3.05) is 18.1 Å². The maximum atomic E-state index is 11.8. The molecule has 4 nitrogen and oxygen atoms in total. The number of nitrogens with one attached hydrogen (secondary N) is 1. The Bertz CT molecular complexity index is 605. The number of carbonyl (C=O) groups excluding carboxylic acids is 1. The minimum Gasteiger partial charge on any atom is -0.352 e. The molecule has 1 N–H and O–H groups in total. The number of benzene rings is 1. The molecule has 1 fully saturated rings. The molecule has 0 spiro atoms. The van der Waals surface area contributed by atoms with Crippen LogP contribution in [0.1, 0.15) is 18.9 Å². The fourth-order valence-electron chi connectivity index (χ4n) is 2.31. The van der Waals surface area contributed by atoms with E-state index in [2.05, 4.69) is 5.32 Å². The molecule has 0 saturated carbocycles. The highest BCUT2D eigenvalue weighted by atomic mass is 32.2. The third-order valence-corrected chi connectivity index (χ3v) is 5.31. The van der Waals surface area contributed by atoms with Gasteiger partial charge in [0.1, 0.15) is 0 Å². The minimum atomic E-state index is -2.88. The maximum absolute atomic E-state index is 11.8. The van der Waals surface area contributed by atoms with Crippen LogP contribution < -0.4 is 5.32 Å². The van der Waals surface area contributed by atoms with Gasteiger partial charge in [0, 0.05) is 12.6 Å². The molecule has 1 amide bonds. The first-order valence-corrected chi connectivity index (χ1v) is 8.50.